The minimum atomic E-state index is -0.299. The van der Waals surface area contributed by atoms with Gasteiger partial charge in [0.15, 0.2) is 0 Å². The third-order valence-electron chi connectivity index (χ3n) is 4.55. The van der Waals surface area contributed by atoms with E-state index in [2.05, 4.69) is 19.9 Å². The van der Waals surface area contributed by atoms with Crippen LogP contribution in [0.25, 0.3) is 11.0 Å². The number of fused-ring (bicyclic) bond motifs is 1. The first-order valence-electron chi connectivity index (χ1n) is 8.16. The van der Waals surface area contributed by atoms with E-state index in [-0.39, 0.29) is 23.8 Å². The molecule has 0 aliphatic heterocycles. The van der Waals surface area contributed by atoms with Crippen molar-refractivity contribution >= 4 is 22.8 Å². The monoisotopic (exact) mass is 342 g/mol. The number of rotatable bonds is 4. The Balaban J connectivity index is 1.56. The Morgan fingerprint density at radius 2 is 2.08 bits per heavy atom. The molecule has 1 fully saturated rings. The SMILES string of the molecule is CN(Cc1nc2ccc(F)cc2[nH]1)c1cc(C2CC(O)C2)nc(N)n1. The highest BCUT2D eigenvalue weighted by Crippen LogP contribution is 2.36. The van der Waals surface area contributed by atoms with Crippen LogP contribution in [0.4, 0.5) is 16.2 Å². The van der Waals surface area contributed by atoms with Gasteiger partial charge in [0.1, 0.15) is 17.5 Å². The van der Waals surface area contributed by atoms with Crippen molar-refractivity contribution in [3.63, 3.8) is 0 Å². The molecule has 2 aromatic heterocycles. The first kappa shape index (κ1) is 15.8. The topological polar surface area (TPSA) is 104 Å². The van der Waals surface area contributed by atoms with E-state index in [4.69, 9.17) is 5.73 Å². The minimum Gasteiger partial charge on any atom is -0.393 e. The van der Waals surface area contributed by atoms with Gasteiger partial charge in [-0.25, -0.2) is 14.4 Å². The molecular formula is C17H19FN6O. The molecule has 0 atom stereocenters. The summed E-state index contributed by atoms with van der Waals surface area (Å²) in [6.45, 7) is 0.472. The van der Waals surface area contributed by atoms with E-state index in [0.29, 0.717) is 36.5 Å². The number of H-pyrrole nitrogens is 1. The molecule has 0 unspecified atom stereocenters. The summed E-state index contributed by atoms with van der Waals surface area (Å²) in [6, 6.07) is 6.36. The zero-order valence-electron chi connectivity index (χ0n) is 13.8. The molecular weight excluding hydrogens is 323 g/mol. The van der Waals surface area contributed by atoms with E-state index >= 15 is 0 Å². The maximum atomic E-state index is 13.3. The quantitative estimate of drug-likeness (QED) is 0.669. The molecule has 7 nitrogen and oxygen atoms in total. The van der Waals surface area contributed by atoms with Crippen molar-refractivity contribution in [3.05, 3.63) is 41.6 Å². The van der Waals surface area contributed by atoms with Gasteiger partial charge >= 0.3 is 0 Å². The van der Waals surface area contributed by atoms with Crippen molar-refractivity contribution in [2.75, 3.05) is 17.7 Å². The number of aliphatic hydroxyl groups is 1. The number of anilines is 2. The number of aromatic nitrogens is 4. The Bertz CT molecular complexity index is 921. The van der Waals surface area contributed by atoms with Gasteiger partial charge < -0.3 is 20.7 Å². The van der Waals surface area contributed by atoms with Gasteiger partial charge in [0.2, 0.25) is 5.95 Å². The molecule has 8 heteroatoms. The number of nitrogens with one attached hydrogen (secondary N) is 1. The summed E-state index contributed by atoms with van der Waals surface area (Å²) >= 11 is 0. The van der Waals surface area contributed by atoms with Gasteiger partial charge in [0.05, 0.1) is 29.4 Å². The molecule has 0 radical (unpaired) electrons. The highest BCUT2D eigenvalue weighted by Gasteiger charge is 2.30. The third kappa shape index (κ3) is 3.12. The van der Waals surface area contributed by atoms with E-state index < -0.39 is 0 Å². The van der Waals surface area contributed by atoms with Crippen LogP contribution in [0.5, 0.6) is 0 Å². The summed E-state index contributed by atoms with van der Waals surface area (Å²) < 4.78 is 13.3. The molecule has 1 aliphatic carbocycles. The molecule has 130 valence electrons. The lowest BCUT2D eigenvalue weighted by molar-refractivity contribution is 0.0732. The number of hydrogen-bond donors (Lipinski definition) is 3. The summed E-state index contributed by atoms with van der Waals surface area (Å²) in [7, 11) is 1.88. The minimum absolute atomic E-state index is 0.215. The zero-order chi connectivity index (χ0) is 17.6. The Morgan fingerprint density at radius 3 is 2.84 bits per heavy atom. The van der Waals surface area contributed by atoms with Gasteiger partial charge in [-0.2, -0.15) is 4.98 Å². The average molecular weight is 342 g/mol. The first-order valence-corrected chi connectivity index (χ1v) is 8.16. The summed E-state index contributed by atoms with van der Waals surface area (Å²) in [5.74, 6) is 1.54. The van der Waals surface area contributed by atoms with Crippen LogP contribution >= 0.6 is 0 Å². The number of imidazole rings is 1. The second-order valence-corrected chi connectivity index (χ2v) is 6.53. The van der Waals surface area contributed by atoms with Crippen molar-refractivity contribution < 1.29 is 9.50 Å². The molecule has 0 spiro atoms. The van der Waals surface area contributed by atoms with E-state index in [1.165, 1.54) is 12.1 Å². The van der Waals surface area contributed by atoms with Crippen LogP contribution < -0.4 is 10.6 Å². The van der Waals surface area contributed by atoms with Crippen LogP contribution in [-0.2, 0) is 6.54 Å². The number of nitrogens with zero attached hydrogens (tertiary/aromatic N) is 4. The lowest BCUT2D eigenvalue weighted by atomic mass is 9.80. The van der Waals surface area contributed by atoms with E-state index in [0.717, 1.165) is 11.2 Å². The van der Waals surface area contributed by atoms with Gasteiger partial charge in [0.25, 0.3) is 0 Å². The predicted molar refractivity (Wildman–Crippen MR) is 92.6 cm³/mol. The first-order chi connectivity index (χ1) is 12.0. The molecule has 0 saturated heterocycles. The highest BCUT2D eigenvalue weighted by atomic mass is 19.1. The third-order valence-corrected chi connectivity index (χ3v) is 4.55. The Kier molecular flexibility index (Phi) is 3.76. The lowest BCUT2D eigenvalue weighted by Gasteiger charge is -2.31. The highest BCUT2D eigenvalue weighted by molar-refractivity contribution is 5.75. The molecule has 4 N–H and O–H groups in total. The number of benzene rings is 1. The molecule has 1 saturated carbocycles. The molecule has 1 aromatic carbocycles. The van der Waals surface area contributed by atoms with Crippen LogP contribution in [0.3, 0.4) is 0 Å². The van der Waals surface area contributed by atoms with Gasteiger partial charge in [-0.15, -0.1) is 0 Å². The maximum absolute atomic E-state index is 13.3. The fourth-order valence-electron chi connectivity index (χ4n) is 3.12. The van der Waals surface area contributed by atoms with Crippen LogP contribution in [0.2, 0.25) is 0 Å². The number of hydrogen-bond acceptors (Lipinski definition) is 6. The molecule has 2 heterocycles. The van der Waals surface area contributed by atoms with Gasteiger partial charge in [0, 0.05) is 19.0 Å². The van der Waals surface area contributed by atoms with E-state index in [1.54, 1.807) is 6.07 Å². The van der Waals surface area contributed by atoms with Crippen molar-refractivity contribution in [2.24, 2.45) is 0 Å². The van der Waals surface area contributed by atoms with Gasteiger partial charge in [-0.1, -0.05) is 0 Å². The molecule has 1 aliphatic rings. The molecule has 25 heavy (non-hydrogen) atoms. The number of aromatic amines is 1. The largest absolute Gasteiger partial charge is 0.393 e. The van der Waals surface area contributed by atoms with Crippen LogP contribution in [0.1, 0.15) is 30.3 Å². The smallest absolute Gasteiger partial charge is 0.222 e. The number of halogens is 1. The normalized spacial score (nSPS) is 19.8. The predicted octanol–water partition coefficient (Wildman–Crippen LogP) is 1.95. The molecule has 0 bridgehead atoms. The number of aliphatic hydroxyl groups excluding tert-OH is 1. The van der Waals surface area contributed by atoms with Crippen molar-refractivity contribution in [2.45, 2.75) is 31.4 Å². The second kappa shape index (κ2) is 5.96. The summed E-state index contributed by atoms with van der Waals surface area (Å²) in [5.41, 5.74) is 8.08. The molecule has 3 aromatic rings. The average Bonchev–Trinajstić information content (AvgIpc) is 2.92. The standard InChI is InChI=1S/C17H19FN6O/c1-24(8-15-20-12-3-2-10(18)6-14(12)21-15)16-7-13(22-17(19)23-16)9-4-11(25)5-9/h2-3,6-7,9,11,25H,4-5,8H2,1H3,(H,20,21)(H2,19,22,23). The van der Waals surface area contributed by atoms with E-state index in [1.807, 2.05) is 18.0 Å². The summed E-state index contributed by atoms with van der Waals surface area (Å²) in [5, 5.41) is 9.49. The van der Waals surface area contributed by atoms with Crippen LogP contribution in [0, 0.1) is 5.82 Å². The number of nitrogen functional groups attached to an aromatic ring is 1. The zero-order valence-corrected chi connectivity index (χ0v) is 13.8. The van der Waals surface area contributed by atoms with E-state index in [9.17, 15) is 9.50 Å². The van der Waals surface area contributed by atoms with Gasteiger partial charge in [-0.05, 0) is 31.0 Å². The second-order valence-electron chi connectivity index (χ2n) is 6.53. The van der Waals surface area contributed by atoms with Crippen LogP contribution in [-0.4, -0.2) is 38.2 Å². The van der Waals surface area contributed by atoms with Crippen molar-refractivity contribution in [1.82, 2.24) is 19.9 Å². The Labute approximate surface area is 143 Å². The molecule has 4 rings (SSSR count). The van der Waals surface area contributed by atoms with Crippen LogP contribution in [0.15, 0.2) is 24.3 Å². The maximum Gasteiger partial charge on any atom is 0.222 e. The molecule has 0 amide bonds. The lowest BCUT2D eigenvalue weighted by Crippen LogP contribution is -2.28. The van der Waals surface area contributed by atoms with Crippen molar-refractivity contribution in [3.8, 4) is 0 Å². The summed E-state index contributed by atoms with van der Waals surface area (Å²) in [4.78, 5) is 18.1. The van der Waals surface area contributed by atoms with Crippen molar-refractivity contribution in [1.29, 1.82) is 0 Å². The number of nitrogens with two attached hydrogens (primary N) is 1. The summed E-state index contributed by atoms with van der Waals surface area (Å²) in [6.07, 6.45) is 1.15. The fraction of sp³-hybridized carbons (Fsp3) is 0.353. The van der Waals surface area contributed by atoms with Gasteiger partial charge in [-0.3, -0.25) is 0 Å². The Hall–Kier alpha value is -2.74. The Morgan fingerprint density at radius 1 is 1.28 bits per heavy atom. The fourth-order valence-corrected chi connectivity index (χ4v) is 3.12.